The second kappa shape index (κ2) is 14.0. The number of hydrogen-bond acceptors (Lipinski definition) is 16. The fourth-order valence-electron chi connectivity index (χ4n) is 3.86. The first-order valence-electron chi connectivity index (χ1n) is 13.5. The van der Waals surface area contributed by atoms with Crippen LogP contribution in [-0.4, -0.2) is 76.1 Å². The van der Waals surface area contributed by atoms with Crippen LogP contribution in [0.5, 0.6) is 0 Å². The summed E-state index contributed by atoms with van der Waals surface area (Å²) in [5.74, 6) is -2.55. The molecule has 0 spiro atoms. The van der Waals surface area contributed by atoms with Gasteiger partial charge in [-0.05, 0) is 32.9 Å². The summed E-state index contributed by atoms with van der Waals surface area (Å²) in [6, 6.07) is 4.85. The van der Waals surface area contributed by atoms with Gasteiger partial charge >= 0.3 is 25.7 Å². The number of nitrogens with zero attached hydrogens (tertiary/aromatic N) is 4. The Morgan fingerprint density at radius 3 is 2.45 bits per heavy atom. The maximum atomic E-state index is 13.5. The predicted octanol–water partition coefficient (Wildman–Crippen LogP) is 1.97. The number of esters is 3. The van der Waals surface area contributed by atoms with E-state index in [1.54, 1.807) is 34.6 Å². The van der Waals surface area contributed by atoms with Gasteiger partial charge in [0, 0.05) is 6.42 Å². The molecule has 5 atom stereocenters. The van der Waals surface area contributed by atoms with Crippen molar-refractivity contribution in [2.24, 2.45) is 11.3 Å². The van der Waals surface area contributed by atoms with Crippen LogP contribution in [0.4, 0.5) is 5.82 Å². The molecule has 17 nitrogen and oxygen atoms in total. The maximum absolute atomic E-state index is 13.5. The number of aliphatic hydroxyl groups excluding tert-OH is 1. The summed E-state index contributed by atoms with van der Waals surface area (Å²) in [7, 11) is -4.69. The van der Waals surface area contributed by atoms with E-state index in [0.29, 0.717) is 5.52 Å². The second-order valence-electron chi connectivity index (χ2n) is 11.0. The van der Waals surface area contributed by atoms with E-state index in [4.69, 9.17) is 38.3 Å². The highest BCUT2D eigenvalue weighted by molar-refractivity contribution is 7.48. The molecule has 18 heteroatoms. The van der Waals surface area contributed by atoms with Crippen LogP contribution in [0.1, 0.15) is 53.7 Å². The SMILES string of the molecule is CCC(=O)O[C@H]1[C@@H](O)[C@](C#N)(c2ccc3c(N)ncnn23)O[C@@H]1COP(=O)(OCOC(=O)C(C)C)OCOC(=O)C(C)(C)C. The Kier molecular flexibility index (Phi) is 11.1. The molecule has 3 N–H and O–H groups in total. The fourth-order valence-corrected chi connectivity index (χ4v) is 4.78. The molecule has 3 heterocycles. The van der Waals surface area contributed by atoms with Crippen molar-refractivity contribution < 1.29 is 56.6 Å². The Morgan fingerprint density at radius 2 is 1.86 bits per heavy atom. The number of rotatable bonds is 13. The Labute approximate surface area is 253 Å². The van der Waals surface area contributed by atoms with Gasteiger partial charge in [-0.25, -0.2) is 23.1 Å². The molecule has 3 rings (SSSR count). The number of aliphatic hydroxyl groups is 1. The van der Waals surface area contributed by atoms with E-state index in [0.717, 1.165) is 6.33 Å². The minimum atomic E-state index is -4.69. The summed E-state index contributed by atoms with van der Waals surface area (Å²) in [4.78, 5) is 40.2. The third-order valence-corrected chi connectivity index (χ3v) is 7.62. The van der Waals surface area contributed by atoms with E-state index < -0.39 is 81.2 Å². The third-order valence-electron chi connectivity index (χ3n) is 6.31. The molecule has 1 fully saturated rings. The molecule has 0 radical (unpaired) electrons. The number of nitriles is 1. The van der Waals surface area contributed by atoms with Crippen LogP contribution in [0.25, 0.3) is 5.52 Å². The Hall–Kier alpha value is -3.65. The van der Waals surface area contributed by atoms with E-state index in [9.17, 15) is 29.3 Å². The number of phosphoric acid groups is 1. The summed E-state index contributed by atoms with van der Waals surface area (Å²) in [5.41, 5.74) is 3.16. The monoisotopic (exact) mass is 641 g/mol. The summed E-state index contributed by atoms with van der Waals surface area (Å²) < 4.78 is 51.7. The standard InChI is InChI=1S/C26H36N5O12P/c1-7-19(32)42-20-17(43-26(11-27,21(20)33)18-9-8-16-22(28)29-12-30-31(16)18)10-39-44(36,40-13-37-23(34)15(2)3)41-14-38-24(35)25(4,5)6/h8-9,12,15,17,20-21,33H,7,10,13-14H2,1-6H3,(H2,28,29,30)/t17-,20-,21-,26+,44?/m1/s1. The minimum Gasteiger partial charge on any atom is -0.457 e. The highest BCUT2D eigenvalue weighted by atomic mass is 31.2. The van der Waals surface area contributed by atoms with E-state index in [-0.39, 0.29) is 17.9 Å². The molecule has 0 saturated carbocycles. The molecule has 242 valence electrons. The van der Waals surface area contributed by atoms with Gasteiger partial charge in [0.15, 0.2) is 11.9 Å². The number of nitrogens with two attached hydrogens (primary N) is 1. The van der Waals surface area contributed by atoms with Crippen molar-refractivity contribution in [2.45, 2.75) is 71.9 Å². The Balaban J connectivity index is 1.89. The fraction of sp³-hybridized carbons (Fsp3) is 0.615. The van der Waals surface area contributed by atoms with Crippen LogP contribution >= 0.6 is 7.82 Å². The first-order chi connectivity index (χ1) is 20.6. The molecule has 0 aliphatic carbocycles. The zero-order valence-electron chi connectivity index (χ0n) is 25.1. The number of phosphoric ester groups is 1. The number of aromatic nitrogens is 3. The van der Waals surface area contributed by atoms with Gasteiger partial charge in [0.2, 0.25) is 19.2 Å². The van der Waals surface area contributed by atoms with Crippen LogP contribution in [-0.2, 0) is 57.1 Å². The predicted molar refractivity (Wildman–Crippen MR) is 148 cm³/mol. The van der Waals surface area contributed by atoms with E-state index >= 15 is 0 Å². The van der Waals surface area contributed by atoms with Crippen LogP contribution in [0.15, 0.2) is 18.5 Å². The zero-order valence-corrected chi connectivity index (χ0v) is 26.0. The highest BCUT2D eigenvalue weighted by Gasteiger charge is 2.60. The quantitative estimate of drug-likeness (QED) is 0.138. The molecule has 44 heavy (non-hydrogen) atoms. The molecule has 1 aliphatic heterocycles. The first-order valence-corrected chi connectivity index (χ1v) is 15.0. The number of carbonyl (C=O) groups is 3. The van der Waals surface area contributed by atoms with Crippen molar-refractivity contribution in [3.8, 4) is 6.07 Å². The van der Waals surface area contributed by atoms with Crippen molar-refractivity contribution in [1.82, 2.24) is 14.6 Å². The largest absolute Gasteiger partial charge is 0.480 e. The van der Waals surface area contributed by atoms with Gasteiger partial charge < -0.3 is 29.8 Å². The van der Waals surface area contributed by atoms with E-state index in [2.05, 4.69) is 10.1 Å². The van der Waals surface area contributed by atoms with Crippen LogP contribution in [0.2, 0.25) is 0 Å². The Bertz CT molecular complexity index is 1450. The molecule has 0 bridgehead atoms. The van der Waals surface area contributed by atoms with Gasteiger partial charge in [-0.2, -0.15) is 10.4 Å². The van der Waals surface area contributed by atoms with Crippen molar-refractivity contribution in [3.05, 3.63) is 24.2 Å². The Morgan fingerprint density at radius 1 is 1.20 bits per heavy atom. The molecule has 1 unspecified atom stereocenters. The minimum absolute atomic E-state index is 0.0296. The third kappa shape index (κ3) is 7.70. The van der Waals surface area contributed by atoms with Crippen molar-refractivity contribution >= 4 is 37.1 Å². The van der Waals surface area contributed by atoms with Crippen LogP contribution < -0.4 is 5.73 Å². The molecular formula is C26H36N5O12P. The average molecular weight is 642 g/mol. The molecule has 2 aromatic heterocycles. The lowest BCUT2D eigenvalue weighted by molar-refractivity contribution is -0.162. The first kappa shape index (κ1) is 34.8. The van der Waals surface area contributed by atoms with Gasteiger partial charge in [0.05, 0.1) is 23.6 Å². The molecule has 0 aromatic carbocycles. The van der Waals surface area contributed by atoms with E-state index in [1.165, 1.54) is 23.6 Å². The molecule has 1 saturated heterocycles. The summed E-state index contributed by atoms with van der Waals surface area (Å²) in [6.07, 6.45) is -3.69. The number of nitrogen functional groups attached to an aromatic ring is 1. The maximum Gasteiger partial charge on any atom is 0.480 e. The normalized spacial score (nSPS) is 23.2. The van der Waals surface area contributed by atoms with Crippen molar-refractivity contribution in [1.29, 1.82) is 5.26 Å². The van der Waals surface area contributed by atoms with Gasteiger partial charge in [-0.1, -0.05) is 20.8 Å². The van der Waals surface area contributed by atoms with Gasteiger partial charge in [0.25, 0.3) is 0 Å². The molecule has 1 aliphatic rings. The highest BCUT2D eigenvalue weighted by Crippen LogP contribution is 2.51. The lowest BCUT2D eigenvalue weighted by Gasteiger charge is -2.24. The lowest BCUT2D eigenvalue weighted by atomic mass is 9.92. The number of hydrogen-bond donors (Lipinski definition) is 2. The van der Waals surface area contributed by atoms with Gasteiger partial charge in [-0.3, -0.25) is 18.9 Å². The summed E-state index contributed by atoms with van der Waals surface area (Å²) in [6.45, 7) is 6.94. The van der Waals surface area contributed by atoms with E-state index in [1.807, 2.05) is 6.07 Å². The van der Waals surface area contributed by atoms with Gasteiger partial charge in [-0.15, -0.1) is 0 Å². The molecule has 2 aromatic rings. The van der Waals surface area contributed by atoms with Crippen molar-refractivity contribution in [3.63, 3.8) is 0 Å². The zero-order chi connectivity index (χ0) is 32.9. The average Bonchev–Trinajstić information content (AvgIpc) is 3.52. The number of fused-ring (bicyclic) bond motifs is 1. The molecular weight excluding hydrogens is 605 g/mol. The van der Waals surface area contributed by atoms with Gasteiger partial charge in [0.1, 0.15) is 30.1 Å². The smallest absolute Gasteiger partial charge is 0.457 e. The number of ether oxygens (including phenoxy) is 4. The summed E-state index contributed by atoms with van der Waals surface area (Å²) >= 11 is 0. The topological polar surface area (TPSA) is 233 Å². The summed E-state index contributed by atoms with van der Waals surface area (Å²) in [5, 5.41) is 25.7. The molecule has 0 amide bonds. The van der Waals surface area contributed by atoms with Crippen LogP contribution in [0.3, 0.4) is 0 Å². The number of anilines is 1. The van der Waals surface area contributed by atoms with Crippen molar-refractivity contribution in [2.75, 3.05) is 25.9 Å². The number of carbonyl (C=O) groups excluding carboxylic acids is 3. The second-order valence-corrected chi connectivity index (χ2v) is 12.6. The van der Waals surface area contributed by atoms with Crippen LogP contribution in [0, 0.1) is 22.7 Å². The lowest BCUT2D eigenvalue weighted by Crippen LogP contribution is -2.43.